The number of hydrogen-bond donors (Lipinski definition) is 1. The number of methoxy groups -OCH3 is 1. The molecule has 0 spiro atoms. The molecule has 0 unspecified atom stereocenters. The molecule has 0 radical (unpaired) electrons. The summed E-state index contributed by atoms with van der Waals surface area (Å²) in [6.07, 6.45) is 0. The lowest BCUT2D eigenvalue weighted by Crippen LogP contribution is -1.96. The molecule has 3 rings (SSSR count). The molecule has 3 aromatic rings. The number of ether oxygens (including phenoxy) is 2. The first-order chi connectivity index (χ1) is 12.6. The normalized spacial score (nSPS) is 10.5. The molecular weight excluding hydrogens is 356 g/mol. The van der Waals surface area contributed by atoms with Crippen LogP contribution in [0.25, 0.3) is 0 Å². The monoisotopic (exact) mass is 372 g/mol. The highest BCUT2D eigenvalue weighted by atomic mass is 32.2. The van der Waals surface area contributed by atoms with Crippen molar-refractivity contribution in [3.05, 3.63) is 65.5 Å². The van der Waals surface area contributed by atoms with Gasteiger partial charge in [-0.3, -0.25) is 0 Å². The number of aromatic nitrogens is 2. The van der Waals surface area contributed by atoms with Gasteiger partial charge in [-0.05, 0) is 29.8 Å². The first-order valence-corrected chi connectivity index (χ1v) is 8.67. The van der Waals surface area contributed by atoms with Crippen LogP contribution in [0.1, 0.15) is 21.8 Å². The minimum absolute atomic E-state index is 0.161. The minimum atomic E-state index is -0.943. The van der Waals surface area contributed by atoms with Gasteiger partial charge in [-0.15, -0.1) is 10.2 Å². The third kappa shape index (κ3) is 4.76. The second kappa shape index (κ2) is 8.39. The fraction of sp³-hybridized carbons (Fsp3) is 0.167. The molecule has 8 heteroatoms. The molecule has 134 valence electrons. The summed E-state index contributed by atoms with van der Waals surface area (Å²) < 4.78 is 16.3. The Balaban J connectivity index is 1.52. The molecular formula is C18H16N2O5S. The van der Waals surface area contributed by atoms with Crippen molar-refractivity contribution in [1.82, 2.24) is 10.2 Å². The van der Waals surface area contributed by atoms with Crippen molar-refractivity contribution in [1.29, 1.82) is 0 Å². The highest BCUT2D eigenvalue weighted by Crippen LogP contribution is 2.23. The van der Waals surface area contributed by atoms with Gasteiger partial charge in [0, 0.05) is 11.8 Å². The number of thioether (sulfide) groups is 1. The molecule has 0 aliphatic rings. The van der Waals surface area contributed by atoms with E-state index in [2.05, 4.69) is 10.2 Å². The maximum atomic E-state index is 10.8. The first kappa shape index (κ1) is 17.8. The molecule has 0 atom stereocenters. The number of carboxylic acid groups (broad SMARTS) is 1. The van der Waals surface area contributed by atoms with Crippen LogP contribution < -0.4 is 9.47 Å². The number of rotatable bonds is 8. The fourth-order valence-electron chi connectivity index (χ4n) is 2.08. The van der Waals surface area contributed by atoms with Gasteiger partial charge in [-0.2, -0.15) is 0 Å². The quantitative estimate of drug-likeness (QED) is 0.599. The van der Waals surface area contributed by atoms with Gasteiger partial charge in [0.05, 0.1) is 12.7 Å². The van der Waals surface area contributed by atoms with Gasteiger partial charge >= 0.3 is 5.97 Å². The second-order valence-corrected chi connectivity index (χ2v) is 6.15. The Morgan fingerprint density at radius 3 is 2.65 bits per heavy atom. The summed E-state index contributed by atoms with van der Waals surface area (Å²) in [7, 11) is 1.59. The van der Waals surface area contributed by atoms with Crippen molar-refractivity contribution in [2.45, 2.75) is 17.6 Å². The summed E-state index contributed by atoms with van der Waals surface area (Å²) >= 11 is 1.37. The van der Waals surface area contributed by atoms with Crippen LogP contribution in [0.3, 0.4) is 0 Å². The van der Waals surface area contributed by atoms with E-state index in [1.54, 1.807) is 37.4 Å². The zero-order chi connectivity index (χ0) is 18.4. The van der Waals surface area contributed by atoms with Crippen molar-refractivity contribution in [2.24, 2.45) is 0 Å². The Hall–Kier alpha value is -3.00. The van der Waals surface area contributed by atoms with Gasteiger partial charge < -0.3 is 19.0 Å². The molecule has 7 nitrogen and oxygen atoms in total. The summed E-state index contributed by atoms with van der Waals surface area (Å²) in [5.74, 6) is 1.38. The number of hydrogen-bond acceptors (Lipinski definition) is 7. The Morgan fingerprint density at radius 1 is 1.15 bits per heavy atom. The number of benzene rings is 2. The van der Waals surface area contributed by atoms with Gasteiger partial charge in [-0.25, -0.2) is 4.79 Å². The summed E-state index contributed by atoms with van der Waals surface area (Å²) in [5, 5.41) is 17.2. The molecule has 2 aromatic carbocycles. The van der Waals surface area contributed by atoms with E-state index in [0.29, 0.717) is 28.4 Å². The molecule has 0 fully saturated rings. The van der Waals surface area contributed by atoms with Crippen molar-refractivity contribution >= 4 is 17.7 Å². The lowest BCUT2D eigenvalue weighted by atomic mass is 10.1. The van der Waals surface area contributed by atoms with Crippen LogP contribution in [0.2, 0.25) is 0 Å². The van der Waals surface area contributed by atoms with E-state index >= 15 is 0 Å². The van der Waals surface area contributed by atoms with Crippen LogP contribution in [0.15, 0.2) is 58.2 Å². The van der Waals surface area contributed by atoms with E-state index in [9.17, 15) is 4.79 Å². The van der Waals surface area contributed by atoms with E-state index in [1.807, 2.05) is 18.2 Å². The molecule has 0 aliphatic carbocycles. The molecule has 26 heavy (non-hydrogen) atoms. The topological polar surface area (TPSA) is 94.7 Å². The van der Waals surface area contributed by atoms with Gasteiger partial charge in [0.2, 0.25) is 0 Å². The average molecular weight is 372 g/mol. The number of nitrogens with zero attached hydrogens (tertiary/aromatic N) is 2. The van der Waals surface area contributed by atoms with Gasteiger partial charge in [0.15, 0.2) is 6.61 Å². The summed E-state index contributed by atoms with van der Waals surface area (Å²) in [6.45, 7) is 0.161. The zero-order valence-corrected chi connectivity index (χ0v) is 14.7. The van der Waals surface area contributed by atoms with Crippen molar-refractivity contribution < 1.29 is 23.8 Å². The van der Waals surface area contributed by atoms with Crippen molar-refractivity contribution in [3.8, 4) is 11.5 Å². The number of carbonyl (C=O) groups is 1. The molecule has 0 amide bonds. The largest absolute Gasteiger partial charge is 0.497 e. The van der Waals surface area contributed by atoms with E-state index in [-0.39, 0.29) is 12.2 Å². The average Bonchev–Trinajstić information content (AvgIpc) is 3.13. The molecule has 0 aliphatic heterocycles. The molecule has 0 saturated carbocycles. The SMILES string of the molecule is COc1cccc(OCc2nnc(SCc3ccc(C(=O)O)cc3)o2)c1. The lowest BCUT2D eigenvalue weighted by molar-refractivity contribution is 0.0697. The maximum absolute atomic E-state index is 10.8. The Kier molecular flexibility index (Phi) is 5.75. The number of carboxylic acids is 1. The Morgan fingerprint density at radius 2 is 1.92 bits per heavy atom. The molecule has 1 heterocycles. The molecule has 0 saturated heterocycles. The highest BCUT2D eigenvalue weighted by Gasteiger charge is 2.09. The van der Waals surface area contributed by atoms with Crippen LogP contribution >= 0.6 is 11.8 Å². The summed E-state index contributed by atoms with van der Waals surface area (Å²) in [4.78, 5) is 10.8. The van der Waals surface area contributed by atoms with Crippen LogP contribution in [-0.2, 0) is 12.4 Å². The molecule has 1 N–H and O–H groups in total. The van der Waals surface area contributed by atoms with Gasteiger partial charge in [-0.1, -0.05) is 30.0 Å². The Bertz CT molecular complexity index is 879. The minimum Gasteiger partial charge on any atom is -0.497 e. The standard InChI is InChI=1S/C18H16N2O5S/c1-23-14-3-2-4-15(9-14)24-10-16-19-20-18(25-16)26-11-12-5-7-13(8-6-12)17(21)22/h2-9H,10-11H2,1H3,(H,21,22). The molecule has 0 bridgehead atoms. The predicted molar refractivity (Wildman–Crippen MR) is 94.6 cm³/mol. The number of aromatic carboxylic acids is 1. The van der Waals surface area contributed by atoms with Crippen LogP contribution in [-0.4, -0.2) is 28.4 Å². The van der Waals surface area contributed by atoms with Crippen LogP contribution in [0.5, 0.6) is 11.5 Å². The zero-order valence-electron chi connectivity index (χ0n) is 13.9. The molecule has 1 aromatic heterocycles. The summed E-state index contributed by atoms with van der Waals surface area (Å²) in [5.41, 5.74) is 1.22. The lowest BCUT2D eigenvalue weighted by Gasteiger charge is -2.05. The third-order valence-electron chi connectivity index (χ3n) is 3.42. The Labute approximate surface area is 154 Å². The van der Waals surface area contributed by atoms with E-state index in [0.717, 1.165) is 5.56 Å². The highest BCUT2D eigenvalue weighted by molar-refractivity contribution is 7.98. The van der Waals surface area contributed by atoms with Crippen LogP contribution in [0, 0.1) is 0 Å². The van der Waals surface area contributed by atoms with E-state index in [1.165, 1.54) is 11.8 Å². The fourth-order valence-corrected chi connectivity index (χ4v) is 2.82. The third-order valence-corrected chi connectivity index (χ3v) is 4.30. The van der Waals surface area contributed by atoms with Gasteiger partial charge in [0.1, 0.15) is 11.5 Å². The van der Waals surface area contributed by atoms with E-state index < -0.39 is 5.97 Å². The van der Waals surface area contributed by atoms with Crippen molar-refractivity contribution in [3.63, 3.8) is 0 Å². The van der Waals surface area contributed by atoms with Gasteiger partial charge in [0.25, 0.3) is 11.1 Å². The van der Waals surface area contributed by atoms with Crippen molar-refractivity contribution in [2.75, 3.05) is 7.11 Å². The maximum Gasteiger partial charge on any atom is 0.335 e. The second-order valence-electron chi connectivity index (χ2n) is 5.22. The smallest absolute Gasteiger partial charge is 0.335 e. The first-order valence-electron chi connectivity index (χ1n) is 7.68. The summed E-state index contributed by atoms with van der Waals surface area (Å²) in [6, 6.07) is 13.9. The van der Waals surface area contributed by atoms with E-state index in [4.69, 9.17) is 19.0 Å². The predicted octanol–water partition coefficient (Wildman–Crippen LogP) is 3.65. The van der Waals surface area contributed by atoms with Crippen LogP contribution in [0.4, 0.5) is 0 Å².